The second kappa shape index (κ2) is 9.22. The van der Waals surface area contributed by atoms with E-state index < -0.39 is 0 Å². The van der Waals surface area contributed by atoms with Gasteiger partial charge in [0.05, 0.1) is 0 Å². The fourth-order valence-corrected chi connectivity index (χ4v) is 3.36. The molecule has 1 aliphatic rings. The Kier molecular flexibility index (Phi) is 7.25. The average Bonchev–Trinajstić information content (AvgIpc) is 2.54. The SMILES string of the molecule is CCCCC(NC1CCN(CCC)CC1)c1ccccc1. The first-order valence-electron chi connectivity index (χ1n) is 8.86. The average molecular weight is 288 g/mol. The van der Waals surface area contributed by atoms with E-state index in [4.69, 9.17) is 0 Å². The molecule has 0 amide bonds. The van der Waals surface area contributed by atoms with E-state index in [1.165, 1.54) is 63.7 Å². The third kappa shape index (κ3) is 5.44. The number of hydrogen-bond donors (Lipinski definition) is 1. The summed E-state index contributed by atoms with van der Waals surface area (Å²) in [5.41, 5.74) is 1.46. The van der Waals surface area contributed by atoms with Crippen molar-refractivity contribution < 1.29 is 0 Å². The lowest BCUT2D eigenvalue weighted by Gasteiger charge is -2.34. The van der Waals surface area contributed by atoms with Gasteiger partial charge < -0.3 is 10.2 Å². The first kappa shape index (κ1) is 16.5. The Morgan fingerprint density at radius 2 is 1.81 bits per heavy atom. The number of nitrogens with one attached hydrogen (secondary N) is 1. The summed E-state index contributed by atoms with van der Waals surface area (Å²) < 4.78 is 0. The van der Waals surface area contributed by atoms with Gasteiger partial charge in [-0.1, -0.05) is 57.0 Å². The Balaban J connectivity index is 1.87. The number of unbranched alkanes of at least 4 members (excludes halogenated alkanes) is 1. The van der Waals surface area contributed by atoms with Crippen LogP contribution < -0.4 is 5.32 Å². The molecule has 0 radical (unpaired) electrons. The lowest BCUT2D eigenvalue weighted by atomic mass is 9.97. The monoisotopic (exact) mass is 288 g/mol. The molecule has 1 aromatic carbocycles. The molecule has 1 fully saturated rings. The molecule has 0 spiro atoms. The lowest BCUT2D eigenvalue weighted by molar-refractivity contribution is 0.189. The second-order valence-corrected chi connectivity index (χ2v) is 6.39. The molecule has 118 valence electrons. The van der Waals surface area contributed by atoms with Crippen LogP contribution in [0.2, 0.25) is 0 Å². The third-order valence-electron chi connectivity index (χ3n) is 4.61. The van der Waals surface area contributed by atoms with Crippen molar-refractivity contribution in [2.75, 3.05) is 19.6 Å². The van der Waals surface area contributed by atoms with Crippen molar-refractivity contribution in [2.45, 2.75) is 64.5 Å². The number of hydrogen-bond acceptors (Lipinski definition) is 2. The van der Waals surface area contributed by atoms with E-state index in [1.807, 2.05) is 0 Å². The van der Waals surface area contributed by atoms with E-state index in [1.54, 1.807) is 0 Å². The predicted octanol–water partition coefficient (Wildman–Crippen LogP) is 4.38. The van der Waals surface area contributed by atoms with Crippen molar-refractivity contribution >= 4 is 0 Å². The van der Waals surface area contributed by atoms with Gasteiger partial charge in [-0.2, -0.15) is 0 Å². The topological polar surface area (TPSA) is 15.3 Å². The van der Waals surface area contributed by atoms with Crippen LogP contribution in [-0.2, 0) is 0 Å². The summed E-state index contributed by atoms with van der Waals surface area (Å²) in [7, 11) is 0. The highest BCUT2D eigenvalue weighted by atomic mass is 15.1. The third-order valence-corrected chi connectivity index (χ3v) is 4.61. The molecule has 0 aromatic heterocycles. The van der Waals surface area contributed by atoms with Crippen LogP contribution in [0.15, 0.2) is 30.3 Å². The van der Waals surface area contributed by atoms with Gasteiger partial charge in [0.2, 0.25) is 0 Å². The molecule has 21 heavy (non-hydrogen) atoms. The van der Waals surface area contributed by atoms with Crippen LogP contribution in [0.4, 0.5) is 0 Å². The van der Waals surface area contributed by atoms with Gasteiger partial charge in [-0.3, -0.25) is 0 Å². The Hall–Kier alpha value is -0.860. The van der Waals surface area contributed by atoms with Crippen LogP contribution in [0.25, 0.3) is 0 Å². The largest absolute Gasteiger partial charge is 0.307 e. The van der Waals surface area contributed by atoms with Crippen molar-refractivity contribution in [3.63, 3.8) is 0 Å². The van der Waals surface area contributed by atoms with E-state index in [0.29, 0.717) is 12.1 Å². The molecule has 0 aliphatic carbocycles. The number of nitrogens with zero attached hydrogens (tertiary/aromatic N) is 1. The maximum absolute atomic E-state index is 3.94. The van der Waals surface area contributed by atoms with Crippen LogP contribution in [0.5, 0.6) is 0 Å². The smallest absolute Gasteiger partial charge is 0.0322 e. The van der Waals surface area contributed by atoms with Crippen molar-refractivity contribution in [3.05, 3.63) is 35.9 Å². The fourth-order valence-electron chi connectivity index (χ4n) is 3.36. The minimum Gasteiger partial charge on any atom is -0.307 e. The highest BCUT2D eigenvalue weighted by Gasteiger charge is 2.21. The predicted molar refractivity (Wildman–Crippen MR) is 91.6 cm³/mol. The molecule has 1 heterocycles. The molecule has 0 saturated carbocycles. The van der Waals surface area contributed by atoms with Crippen LogP contribution in [0, 0.1) is 0 Å². The van der Waals surface area contributed by atoms with E-state index in [2.05, 4.69) is 54.4 Å². The maximum Gasteiger partial charge on any atom is 0.0322 e. The zero-order valence-electron chi connectivity index (χ0n) is 13.9. The number of benzene rings is 1. The van der Waals surface area contributed by atoms with Gasteiger partial charge in [0.1, 0.15) is 0 Å². The summed E-state index contributed by atoms with van der Waals surface area (Å²) >= 11 is 0. The van der Waals surface area contributed by atoms with Gasteiger partial charge in [-0.05, 0) is 50.9 Å². The number of piperidine rings is 1. The van der Waals surface area contributed by atoms with E-state index in [0.717, 1.165) is 0 Å². The molecule has 1 N–H and O–H groups in total. The van der Waals surface area contributed by atoms with Gasteiger partial charge in [0.25, 0.3) is 0 Å². The van der Waals surface area contributed by atoms with Crippen LogP contribution in [0.3, 0.4) is 0 Å². The first-order valence-corrected chi connectivity index (χ1v) is 8.86. The van der Waals surface area contributed by atoms with Gasteiger partial charge >= 0.3 is 0 Å². The maximum atomic E-state index is 3.94. The standard InChI is InChI=1S/C19H32N2/c1-3-5-11-19(17-9-7-6-8-10-17)20-18-12-15-21(14-4-2)16-13-18/h6-10,18-20H,3-5,11-16H2,1-2H3. The minimum atomic E-state index is 0.536. The molecular formula is C19H32N2. The highest BCUT2D eigenvalue weighted by Crippen LogP contribution is 2.22. The summed E-state index contributed by atoms with van der Waals surface area (Å²) in [5.74, 6) is 0. The molecule has 0 bridgehead atoms. The van der Waals surface area contributed by atoms with Gasteiger partial charge in [-0.15, -0.1) is 0 Å². The summed E-state index contributed by atoms with van der Waals surface area (Å²) in [5, 5.41) is 3.94. The highest BCUT2D eigenvalue weighted by molar-refractivity contribution is 5.19. The van der Waals surface area contributed by atoms with Gasteiger partial charge in [-0.25, -0.2) is 0 Å². The molecule has 2 heteroatoms. The molecule has 1 atom stereocenters. The molecule has 2 nitrogen and oxygen atoms in total. The first-order chi connectivity index (χ1) is 10.3. The molecule has 1 aromatic rings. The van der Waals surface area contributed by atoms with E-state index >= 15 is 0 Å². The summed E-state index contributed by atoms with van der Waals surface area (Å²) in [6.07, 6.45) is 7.73. The molecule has 1 saturated heterocycles. The van der Waals surface area contributed by atoms with Crippen molar-refractivity contribution in [1.29, 1.82) is 0 Å². The number of rotatable bonds is 8. The van der Waals surface area contributed by atoms with Crippen molar-refractivity contribution in [2.24, 2.45) is 0 Å². The van der Waals surface area contributed by atoms with Crippen LogP contribution in [-0.4, -0.2) is 30.6 Å². The zero-order valence-corrected chi connectivity index (χ0v) is 13.9. The Bertz CT molecular complexity index is 368. The second-order valence-electron chi connectivity index (χ2n) is 6.39. The Labute approximate surface area is 130 Å². The Morgan fingerprint density at radius 3 is 2.43 bits per heavy atom. The van der Waals surface area contributed by atoms with Gasteiger partial charge in [0.15, 0.2) is 0 Å². The normalized spacial score (nSPS) is 18.8. The molecule has 1 aliphatic heterocycles. The van der Waals surface area contributed by atoms with Crippen molar-refractivity contribution in [3.8, 4) is 0 Å². The van der Waals surface area contributed by atoms with Crippen LogP contribution >= 0.6 is 0 Å². The summed E-state index contributed by atoms with van der Waals surface area (Å²) in [6.45, 7) is 8.36. The lowest BCUT2D eigenvalue weighted by Crippen LogP contribution is -2.43. The van der Waals surface area contributed by atoms with Crippen LogP contribution in [0.1, 0.15) is 64.0 Å². The molecule has 1 unspecified atom stereocenters. The fraction of sp³-hybridized carbons (Fsp3) is 0.684. The number of likely N-dealkylation sites (tertiary alicyclic amines) is 1. The quantitative estimate of drug-likeness (QED) is 0.763. The minimum absolute atomic E-state index is 0.536. The van der Waals surface area contributed by atoms with Crippen molar-refractivity contribution in [1.82, 2.24) is 10.2 Å². The Morgan fingerprint density at radius 1 is 1.10 bits per heavy atom. The molecular weight excluding hydrogens is 256 g/mol. The van der Waals surface area contributed by atoms with Gasteiger partial charge in [0, 0.05) is 12.1 Å². The van der Waals surface area contributed by atoms with E-state index in [9.17, 15) is 0 Å². The van der Waals surface area contributed by atoms with E-state index in [-0.39, 0.29) is 0 Å². The summed E-state index contributed by atoms with van der Waals surface area (Å²) in [4.78, 5) is 2.61. The zero-order chi connectivity index (χ0) is 14.9. The summed E-state index contributed by atoms with van der Waals surface area (Å²) in [6, 6.07) is 12.2. The molecule has 2 rings (SSSR count).